The number of urea groups is 1. The Morgan fingerprint density at radius 1 is 1.00 bits per heavy atom. The standard InChI is InChI=1S/C19H22N8O/c1-14-22-15(2)27(24-14)17-7-4-3-6-16(17)23-19(28)26-12-10-25(11-13-26)18-20-8-5-9-21-18/h3-9H,10-13H2,1-2H3,(H,23,28). The van der Waals surface area contributed by atoms with Crippen molar-refractivity contribution in [1.29, 1.82) is 0 Å². The third kappa shape index (κ3) is 3.64. The molecule has 1 aliphatic rings. The first kappa shape index (κ1) is 17.9. The average molecular weight is 378 g/mol. The number of nitrogens with one attached hydrogen (secondary N) is 1. The molecule has 0 unspecified atom stereocenters. The number of piperazine rings is 1. The van der Waals surface area contributed by atoms with E-state index >= 15 is 0 Å². The van der Waals surface area contributed by atoms with Gasteiger partial charge in [0.15, 0.2) is 0 Å². The number of benzene rings is 1. The van der Waals surface area contributed by atoms with Gasteiger partial charge in [0, 0.05) is 38.6 Å². The molecule has 1 aromatic carbocycles. The van der Waals surface area contributed by atoms with Crippen LogP contribution in [-0.2, 0) is 0 Å². The van der Waals surface area contributed by atoms with Gasteiger partial charge in [-0.15, -0.1) is 0 Å². The lowest BCUT2D eigenvalue weighted by molar-refractivity contribution is 0.208. The molecule has 0 atom stereocenters. The van der Waals surface area contributed by atoms with Crippen molar-refractivity contribution in [2.75, 3.05) is 36.4 Å². The second-order valence-corrected chi connectivity index (χ2v) is 6.59. The van der Waals surface area contributed by atoms with E-state index in [9.17, 15) is 4.79 Å². The minimum atomic E-state index is -0.129. The fraction of sp³-hybridized carbons (Fsp3) is 0.316. The van der Waals surface area contributed by atoms with Crippen molar-refractivity contribution in [3.63, 3.8) is 0 Å². The lowest BCUT2D eigenvalue weighted by Crippen LogP contribution is -2.50. The van der Waals surface area contributed by atoms with Crippen molar-refractivity contribution in [2.45, 2.75) is 13.8 Å². The fourth-order valence-corrected chi connectivity index (χ4v) is 3.27. The number of carbonyl (C=O) groups is 1. The van der Waals surface area contributed by atoms with Gasteiger partial charge < -0.3 is 15.1 Å². The summed E-state index contributed by atoms with van der Waals surface area (Å²) in [6, 6.07) is 9.26. The largest absolute Gasteiger partial charge is 0.337 e. The van der Waals surface area contributed by atoms with Crippen LogP contribution in [0.1, 0.15) is 11.6 Å². The summed E-state index contributed by atoms with van der Waals surface area (Å²) in [4.78, 5) is 29.6. The molecule has 144 valence electrons. The molecule has 3 heterocycles. The molecule has 4 rings (SSSR count). The molecule has 1 aliphatic heterocycles. The molecule has 9 heteroatoms. The highest BCUT2D eigenvalue weighted by Gasteiger charge is 2.23. The van der Waals surface area contributed by atoms with Crippen molar-refractivity contribution in [3.8, 4) is 5.69 Å². The molecular formula is C19H22N8O. The average Bonchev–Trinajstić information content (AvgIpc) is 3.07. The van der Waals surface area contributed by atoms with Gasteiger partial charge in [0.25, 0.3) is 0 Å². The number of amides is 2. The molecule has 1 saturated heterocycles. The molecule has 1 fully saturated rings. The van der Waals surface area contributed by atoms with Crippen LogP contribution in [0.4, 0.5) is 16.4 Å². The predicted octanol–water partition coefficient (Wildman–Crippen LogP) is 2.03. The molecule has 3 aromatic rings. The SMILES string of the molecule is Cc1nc(C)n(-c2ccccc2NC(=O)N2CCN(c3ncccn3)CC2)n1. The highest BCUT2D eigenvalue weighted by Crippen LogP contribution is 2.21. The molecule has 28 heavy (non-hydrogen) atoms. The van der Waals surface area contributed by atoms with Gasteiger partial charge in [0.05, 0.1) is 11.4 Å². The first-order valence-corrected chi connectivity index (χ1v) is 9.19. The number of anilines is 2. The molecule has 1 N–H and O–H groups in total. The van der Waals surface area contributed by atoms with Gasteiger partial charge in [0.2, 0.25) is 5.95 Å². The summed E-state index contributed by atoms with van der Waals surface area (Å²) < 4.78 is 1.75. The Morgan fingerprint density at radius 2 is 1.71 bits per heavy atom. The van der Waals surface area contributed by atoms with Crippen molar-refractivity contribution in [1.82, 2.24) is 29.6 Å². The summed E-state index contributed by atoms with van der Waals surface area (Å²) in [7, 11) is 0. The van der Waals surface area contributed by atoms with Crippen LogP contribution in [0.2, 0.25) is 0 Å². The zero-order valence-corrected chi connectivity index (χ0v) is 15.9. The molecular weight excluding hydrogens is 356 g/mol. The number of hydrogen-bond donors (Lipinski definition) is 1. The van der Waals surface area contributed by atoms with E-state index in [1.54, 1.807) is 28.0 Å². The lowest BCUT2D eigenvalue weighted by atomic mass is 10.2. The van der Waals surface area contributed by atoms with Crippen LogP contribution in [0.15, 0.2) is 42.7 Å². The monoisotopic (exact) mass is 378 g/mol. The first-order chi connectivity index (χ1) is 13.6. The topological polar surface area (TPSA) is 92.1 Å². The summed E-state index contributed by atoms with van der Waals surface area (Å²) in [6.45, 7) is 6.34. The van der Waals surface area contributed by atoms with Crippen LogP contribution >= 0.6 is 0 Å². The highest BCUT2D eigenvalue weighted by atomic mass is 16.2. The van der Waals surface area contributed by atoms with Gasteiger partial charge in [-0.1, -0.05) is 12.1 Å². The van der Waals surface area contributed by atoms with E-state index in [4.69, 9.17) is 0 Å². The summed E-state index contributed by atoms with van der Waals surface area (Å²) in [5, 5.41) is 7.44. The third-order valence-electron chi connectivity index (χ3n) is 4.65. The molecule has 2 aromatic heterocycles. The zero-order chi connectivity index (χ0) is 19.5. The van der Waals surface area contributed by atoms with Crippen LogP contribution in [0, 0.1) is 13.8 Å². The molecule has 0 bridgehead atoms. The molecule has 0 radical (unpaired) electrons. The van der Waals surface area contributed by atoms with E-state index < -0.39 is 0 Å². The quantitative estimate of drug-likeness (QED) is 0.750. The fourth-order valence-electron chi connectivity index (χ4n) is 3.27. The summed E-state index contributed by atoms with van der Waals surface area (Å²) in [6.07, 6.45) is 3.46. The van der Waals surface area contributed by atoms with Crippen molar-refractivity contribution in [3.05, 3.63) is 54.4 Å². The van der Waals surface area contributed by atoms with E-state index in [1.807, 2.05) is 38.1 Å². The van der Waals surface area contributed by atoms with Crippen molar-refractivity contribution < 1.29 is 4.79 Å². The number of rotatable bonds is 3. The Balaban J connectivity index is 1.45. The normalized spacial score (nSPS) is 14.2. The van der Waals surface area contributed by atoms with E-state index in [0.29, 0.717) is 43.6 Å². The predicted molar refractivity (Wildman–Crippen MR) is 106 cm³/mol. The van der Waals surface area contributed by atoms with E-state index in [2.05, 4.69) is 30.3 Å². The van der Waals surface area contributed by atoms with Gasteiger partial charge in [-0.2, -0.15) is 5.10 Å². The Morgan fingerprint density at radius 3 is 2.39 bits per heavy atom. The van der Waals surface area contributed by atoms with E-state index in [1.165, 1.54) is 0 Å². The van der Waals surface area contributed by atoms with Gasteiger partial charge in [-0.3, -0.25) is 0 Å². The minimum Gasteiger partial charge on any atom is -0.337 e. The third-order valence-corrected chi connectivity index (χ3v) is 4.65. The van der Waals surface area contributed by atoms with Gasteiger partial charge >= 0.3 is 6.03 Å². The minimum absolute atomic E-state index is 0.129. The summed E-state index contributed by atoms with van der Waals surface area (Å²) in [5.41, 5.74) is 1.50. The maximum Gasteiger partial charge on any atom is 0.322 e. The van der Waals surface area contributed by atoms with Crippen molar-refractivity contribution >= 4 is 17.7 Å². The number of para-hydroxylation sites is 2. The maximum absolute atomic E-state index is 12.8. The summed E-state index contributed by atoms with van der Waals surface area (Å²) >= 11 is 0. The van der Waals surface area contributed by atoms with Gasteiger partial charge in [-0.25, -0.2) is 24.4 Å². The number of aryl methyl sites for hydroxylation is 2. The Bertz CT molecular complexity index is 963. The molecule has 2 amide bonds. The summed E-state index contributed by atoms with van der Waals surface area (Å²) in [5.74, 6) is 2.17. The molecule has 9 nitrogen and oxygen atoms in total. The Hall–Kier alpha value is -3.49. The second-order valence-electron chi connectivity index (χ2n) is 6.59. The molecule has 0 saturated carbocycles. The van der Waals surface area contributed by atoms with Crippen LogP contribution < -0.4 is 10.2 Å². The van der Waals surface area contributed by atoms with Crippen LogP contribution in [0.5, 0.6) is 0 Å². The van der Waals surface area contributed by atoms with E-state index in [0.717, 1.165) is 11.5 Å². The number of carbonyl (C=O) groups excluding carboxylic acids is 1. The Labute approximate surface area is 163 Å². The Kier molecular flexibility index (Phi) is 4.88. The van der Waals surface area contributed by atoms with Crippen molar-refractivity contribution in [2.24, 2.45) is 0 Å². The van der Waals surface area contributed by atoms with Gasteiger partial charge in [-0.05, 0) is 32.0 Å². The number of nitrogens with zero attached hydrogens (tertiary/aromatic N) is 7. The second kappa shape index (κ2) is 7.63. The van der Waals surface area contributed by atoms with Crippen LogP contribution in [0.3, 0.4) is 0 Å². The maximum atomic E-state index is 12.8. The zero-order valence-electron chi connectivity index (χ0n) is 15.9. The van der Waals surface area contributed by atoms with E-state index in [-0.39, 0.29) is 6.03 Å². The van der Waals surface area contributed by atoms with Gasteiger partial charge in [0.1, 0.15) is 11.6 Å². The smallest absolute Gasteiger partial charge is 0.322 e. The number of aromatic nitrogens is 5. The first-order valence-electron chi connectivity index (χ1n) is 9.19. The molecule has 0 spiro atoms. The highest BCUT2D eigenvalue weighted by molar-refractivity contribution is 5.91. The van der Waals surface area contributed by atoms with Crippen LogP contribution in [-0.4, -0.2) is 61.8 Å². The number of hydrogen-bond acceptors (Lipinski definition) is 6. The van der Waals surface area contributed by atoms with Crippen LogP contribution in [0.25, 0.3) is 5.69 Å². The molecule has 0 aliphatic carbocycles. The lowest BCUT2D eigenvalue weighted by Gasteiger charge is -2.34.